The van der Waals surface area contributed by atoms with Gasteiger partial charge in [0.1, 0.15) is 24.5 Å². The number of nitrogens with zero attached hydrogens (tertiary/aromatic N) is 3. The van der Waals surface area contributed by atoms with Crippen molar-refractivity contribution in [3.05, 3.63) is 47.5 Å². The van der Waals surface area contributed by atoms with E-state index in [0.717, 1.165) is 37.9 Å². The Morgan fingerprint density at radius 1 is 1.25 bits per heavy atom. The standard InChI is InChI=1S/C28H37BN4O7/c1-27(2,32-16-22-13-23(17-32)39-22)14-20(15-30)25(34)33-21-8-10-28(33,11-9-21)18-38-26(35)31-24(40-29(36)37)12-19-6-4-3-5-7-19/h3-7,14,21-24,36-37H,8-13,16-18H2,1-2H3,(H,31,35)/t21?,22?,23?,24-,28?/m1/s1. The van der Waals surface area contributed by atoms with Crippen molar-refractivity contribution in [2.24, 2.45) is 0 Å². The molecule has 2 unspecified atom stereocenters. The van der Waals surface area contributed by atoms with Crippen LogP contribution in [0.3, 0.4) is 0 Å². The highest BCUT2D eigenvalue weighted by Gasteiger charge is 2.55. The quantitative estimate of drug-likeness (QED) is 0.170. The van der Waals surface area contributed by atoms with E-state index in [4.69, 9.17) is 14.1 Å². The SMILES string of the molecule is CC(C)(C=C(C#N)C(=O)N1C2CCC1(COC(=O)N[C@@H](Cc1ccccc1)OB(O)O)CC2)N1CC2CC(C1)O2. The minimum atomic E-state index is -2.07. The molecule has 0 radical (unpaired) electrons. The fraction of sp³-hybridized carbons (Fsp3) is 0.607. The first-order valence-corrected chi connectivity index (χ1v) is 13.9. The van der Waals surface area contributed by atoms with Crippen molar-refractivity contribution in [2.45, 2.75) is 87.9 Å². The maximum Gasteiger partial charge on any atom is 0.635 e. The lowest BCUT2D eigenvalue weighted by Crippen LogP contribution is -2.62. The molecular formula is C28H37BN4O7. The second-order valence-corrected chi connectivity index (χ2v) is 11.8. The molecule has 0 spiro atoms. The fourth-order valence-corrected chi connectivity index (χ4v) is 6.64. The summed E-state index contributed by atoms with van der Waals surface area (Å²) >= 11 is 0. The van der Waals surface area contributed by atoms with Crippen LogP contribution in [0.1, 0.15) is 51.5 Å². The Balaban J connectivity index is 1.24. The Bertz CT molecular complexity index is 1150. The van der Waals surface area contributed by atoms with Crippen LogP contribution in [-0.2, 0) is 25.3 Å². The predicted octanol–water partition coefficient (Wildman–Crippen LogP) is 1.49. The first kappa shape index (κ1) is 28.6. The van der Waals surface area contributed by atoms with Gasteiger partial charge in [0, 0.05) is 37.5 Å². The lowest BCUT2D eigenvalue weighted by atomic mass is 9.88. The molecule has 5 aliphatic heterocycles. The van der Waals surface area contributed by atoms with E-state index in [9.17, 15) is 24.9 Å². The normalized spacial score (nSPS) is 28.4. The third kappa shape index (κ3) is 6.04. The lowest BCUT2D eigenvalue weighted by Gasteiger charge is -2.52. The molecule has 4 bridgehead atoms. The molecule has 5 aliphatic rings. The van der Waals surface area contributed by atoms with E-state index >= 15 is 0 Å². The topological polar surface area (TPSA) is 145 Å². The van der Waals surface area contributed by atoms with Crippen LogP contribution in [0, 0.1) is 11.3 Å². The maximum atomic E-state index is 13.8. The average molecular weight is 552 g/mol. The molecular weight excluding hydrogens is 515 g/mol. The van der Waals surface area contributed by atoms with Crippen LogP contribution < -0.4 is 5.32 Å². The molecule has 11 nitrogen and oxygen atoms in total. The van der Waals surface area contributed by atoms with Crippen LogP contribution in [0.15, 0.2) is 42.0 Å². The number of carbonyl (C=O) groups excluding carboxylic acids is 2. The van der Waals surface area contributed by atoms with E-state index in [0.29, 0.717) is 12.8 Å². The molecule has 1 aromatic carbocycles. The summed E-state index contributed by atoms with van der Waals surface area (Å²) < 4.78 is 16.4. The summed E-state index contributed by atoms with van der Waals surface area (Å²) in [5.74, 6) is -0.327. The average Bonchev–Trinajstić information content (AvgIpc) is 3.46. The van der Waals surface area contributed by atoms with E-state index in [-0.39, 0.29) is 42.8 Å². The summed E-state index contributed by atoms with van der Waals surface area (Å²) in [5.41, 5.74) is -0.256. The molecule has 5 heterocycles. The molecule has 1 aromatic rings. The zero-order chi connectivity index (χ0) is 28.5. The van der Waals surface area contributed by atoms with Gasteiger partial charge < -0.3 is 29.1 Å². The van der Waals surface area contributed by atoms with Gasteiger partial charge in [0.25, 0.3) is 5.91 Å². The van der Waals surface area contributed by atoms with Crippen LogP contribution >= 0.6 is 0 Å². The van der Waals surface area contributed by atoms with Crippen LogP contribution in [-0.4, -0.2) is 94.4 Å². The highest BCUT2D eigenvalue weighted by atomic mass is 16.6. The summed E-state index contributed by atoms with van der Waals surface area (Å²) in [4.78, 5) is 30.6. The maximum absolute atomic E-state index is 13.8. The number of hydrogen-bond donors (Lipinski definition) is 3. The molecule has 5 fully saturated rings. The van der Waals surface area contributed by atoms with E-state index in [2.05, 4.69) is 16.3 Å². The number of rotatable bonds is 10. The zero-order valence-corrected chi connectivity index (χ0v) is 23.0. The van der Waals surface area contributed by atoms with Crippen LogP contribution in [0.4, 0.5) is 4.79 Å². The van der Waals surface area contributed by atoms with Gasteiger partial charge in [-0.15, -0.1) is 0 Å². The molecule has 3 atom stereocenters. The van der Waals surface area contributed by atoms with Crippen LogP contribution in [0.2, 0.25) is 0 Å². The van der Waals surface area contributed by atoms with Crippen molar-refractivity contribution in [3.63, 3.8) is 0 Å². The summed E-state index contributed by atoms with van der Waals surface area (Å²) in [6, 6.07) is 11.3. The van der Waals surface area contributed by atoms with Gasteiger partial charge in [0.2, 0.25) is 0 Å². The number of hydrogen-bond acceptors (Lipinski definition) is 9. The van der Waals surface area contributed by atoms with Crippen molar-refractivity contribution < 1.29 is 33.8 Å². The molecule has 214 valence electrons. The van der Waals surface area contributed by atoms with Gasteiger partial charge in [-0.25, -0.2) is 4.79 Å². The minimum Gasteiger partial charge on any atom is -0.447 e. The van der Waals surface area contributed by atoms with E-state index in [1.165, 1.54) is 0 Å². The number of benzene rings is 1. The highest BCUT2D eigenvalue weighted by Crippen LogP contribution is 2.47. The molecule has 0 saturated carbocycles. The van der Waals surface area contributed by atoms with E-state index in [1.807, 2.05) is 44.2 Å². The van der Waals surface area contributed by atoms with Crippen molar-refractivity contribution >= 4 is 19.3 Å². The van der Waals surface area contributed by atoms with Crippen LogP contribution in [0.25, 0.3) is 0 Å². The van der Waals surface area contributed by atoms with Crippen molar-refractivity contribution in [1.82, 2.24) is 15.1 Å². The lowest BCUT2D eigenvalue weighted by molar-refractivity contribution is -0.192. The molecule has 12 heteroatoms. The van der Waals surface area contributed by atoms with Crippen molar-refractivity contribution in [1.29, 1.82) is 5.26 Å². The van der Waals surface area contributed by atoms with Gasteiger partial charge >= 0.3 is 13.4 Å². The fourth-order valence-electron chi connectivity index (χ4n) is 6.64. The van der Waals surface area contributed by atoms with E-state index < -0.39 is 30.7 Å². The molecule has 6 rings (SSSR count). The Kier molecular flexibility index (Phi) is 8.22. The number of amides is 2. The summed E-state index contributed by atoms with van der Waals surface area (Å²) in [6.45, 7) is 5.54. The highest BCUT2D eigenvalue weighted by molar-refractivity contribution is 6.32. The second kappa shape index (κ2) is 11.5. The van der Waals surface area contributed by atoms with Crippen LogP contribution in [0.5, 0.6) is 0 Å². The number of nitrogens with one attached hydrogen (secondary N) is 1. The number of ether oxygens (including phenoxy) is 2. The number of carbonyl (C=O) groups is 2. The Morgan fingerprint density at radius 2 is 1.90 bits per heavy atom. The summed E-state index contributed by atoms with van der Waals surface area (Å²) in [7, 11) is -2.07. The second-order valence-electron chi connectivity index (χ2n) is 11.8. The monoisotopic (exact) mass is 552 g/mol. The molecule has 3 N–H and O–H groups in total. The number of nitriles is 1. The van der Waals surface area contributed by atoms with E-state index in [1.54, 1.807) is 11.0 Å². The third-order valence-corrected chi connectivity index (χ3v) is 8.70. The predicted molar refractivity (Wildman–Crippen MR) is 144 cm³/mol. The Labute approximate surface area is 234 Å². The molecule has 0 aromatic heterocycles. The van der Waals surface area contributed by atoms with Gasteiger partial charge in [-0.3, -0.25) is 15.0 Å². The van der Waals surface area contributed by atoms with Crippen molar-refractivity contribution in [3.8, 4) is 6.07 Å². The first-order chi connectivity index (χ1) is 19.1. The summed E-state index contributed by atoms with van der Waals surface area (Å²) in [6.07, 6.45) is 4.53. The van der Waals surface area contributed by atoms with Gasteiger partial charge in [-0.1, -0.05) is 30.3 Å². The number of piperidine rings is 1. The first-order valence-electron chi connectivity index (χ1n) is 13.9. The summed E-state index contributed by atoms with van der Waals surface area (Å²) in [5, 5.41) is 31.2. The Hall–Kier alpha value is -2.95. The molecule has 2 amide bonds. The third-order valence-electron chi connectivity index (χ3n) is 8.70. The number of morpholine rings is 1. The number of alkyl carbamates (subject to hydrolysis) is 1. The molecule has 40 heavy (non-hydrogen) atoms. The minimum absolute atomic E-state index is 0.00578. The zero-order valence-electron chi connectivity index (χ0n) is 23.0. The largest absolute Gasteiger partial charge is 0.635 e. The van der Waals surface area contributed by atoms with Gasteiger partial charge in [-0.05, 0) is 51.2 Å². The van der Waals surface area contributed by atoms with Gasteiger partial charge in [0.05, 0.1) is 17.7 Å². The van der Waals surface area contributed by atoms with Crippen molar-refractivity contribution in [2.75, 3.05) is 19.7 Å². The molecule has 5 saturated heterocycles. The van der Waals surface area contributed by atoms with Gasteiger partial charge in [-0.2, -0.15) is 5.26 Å². The van der Waals surface area contributed by atoms with Gasteiger partial charge in [0.15, 0.2) is 0 Å². The smallest absolute Gasteiger partial charge is 0.447 e. The number of fused-ring (bicyclic) bond motifs is 4. The Morgan fingerprint density at radius 3 is 2.50 bits per heavy atom. The molecule has 0 aliphatic carbocycles.